The highest BCUT2D eigenvalue weighted by Crippen LogP contribution is 2.11. The van der Waals surface area contributed by atoms with E-state index in [1.54, 1.807) is 0 Å². The fourth-order valence-electron chi connectivity index (χ4n) is 3.95. The maximum absolute atomic E-state index is 2.72. The van der Waals surface area contributed by atoms with Gasteiger partial charge in [-0.25, -0.2) is 0 Å². The van der Waals surface area contributed by atoms with Crippen molar-refractivity contribution in [2.75, 3.05) is 26.2 Å². The fourth-order valence-corrected chi connectivity index (χ4v) is 3.95. The van der Waals surface area contributed by atoms with Gasteiger partial charge in [0.15, 0.2) is 0 Å². The van der Waals surface area contributed by atoms with Crippen molar-refractivity contribution in [3.05, 3.63) is 0 Å². The summed E-state index contributed by atoms with van der Waals surface area (Å²) in [5, 5.41) is 0. The lowest BCUT2D eigenvalue weighted by Gasteiger charge is -2.34. The highest BCUT2D eigenvalue weighted by atomic mass is 15.2. The zero-order valence-electron chi connectivity index (χ0n) is 19.2. The summed E-state index contributed by atoms with van der Waals surface area (Å²) in [6, 6.07) is 3.26. The number of hydrogen-bond donors (Lipinski definition) is 0. The van der Waals surface area contributed by atoms with E-state index in [1.807, 2.05) is 0 Å². The Labute approximate surface area is 160 Å². The average molecular weight is 356 g/mol. The van der Waals surface area contributed by atoms with E-state index in [0.29, 0.717) is 30.2 Å². The Bertz CT molecular complexity index is 270. The summed E-state index contributed by atoms with van der Waals surface area (Å²) >= 11 is 0. The minimum atomic E-state index is 0.641. The molecule has 0 aliphatic heterocycles. The van der Waals surface area contributed by atoms with Crippen LogP contribution in [0.25, 0.3) is 0 Å². The van der Waals surface area contributed by atoms with Crippen LogP contribution in [0.2, 0.25) is 0 Å². The molecule has 0 aliphatic rings. The molecule has 0 aromatic heterocycles. The summed E-state index contributed by atoms with van der Waals surface area (Å²) in [5.74, 6) is 0. The van der Waals surface area contributed by atoms with Crippen molar-refractivity contribution in [1.82, 2.24) is 14.7 Å². The van der Waals surface area contributed by atoms with Crippen molar-refractivity contribution in [2.24, 2.45) is 0 Å². The third-order valence-corrected chi connectivity index (χ3v) is 5.59. The van der Waals surface area contributed by atoms with Gasteiger partial charge in [-0.15, -0.1) is 0 Å². The smallest absolute Gasteiger partial charge is 0.00643 e. The van der Waals surface area contributed by atoms with Gasteiger partial charge in [0.25, 0.3) is 0 Å². The van der Waals surface area contributed by atoms with Gasteiger partial charge in [-0.05, 0) is 108 Å². The Morgan fingerprint density at radius 2 is 0.840 bits per heavy atom. The molecule has 0 bridgehead atoms. The summed E-state index contributed by atoms with van der Waals surface area (Å²) in [6.45, 7) is 28.2. The molecule has 1 unspecified atom stereocenters. The Balaban J connectivity index is 4.47. The minimum absolute atomic E-state index is 0.641. The second kappa shape index (κ2) is 13.1. The molecule has 152 valence electrons. The lowest BCUT2D eigenvalue weighted by molar-refractivity contribution is 0.132. The lowest BCUT2D eigenvalue weighted by atomic mass is 10.1. The maximum atomic E-state index is 2.72. The average Bonchev–Trinajstić information content (AvgIpc) is 2.50. The van der Waals surface area contributed by atoms with Gasteiger partial charge in [0.2, 0.25) is 0 Å². The minimum Gasteiger partial charge on any atom is -0.301 e. The maximum Gasteiger partial charge on any atom is 0.00643 e. The van der Waals surface area contributed by atoms with Crippen LogP contribution in [0.5, 0.6) is 0 Å². The molecule has 1 atom stereocenters. The van der Waals surface area contributed by atoms with Crippen molar-refractivity contribution >= 4 is 0 Å². The second-order valence-corrected chi connectivity index (χ2v) is 8.85. The van der Waals surface area contributed by atoms with Gasteiger partial charge in [0.05, 0.1) is 0 Å². The van der Waals surface area contributed by atoms with Gasteiger partial charge in [-0.1, -0.05) is 6.92 Å². The van der Waals surface area contributed by atoms with Crippen LogP contribution >= 0.6 is 0 Å². The van der Waals surface area contributed by atoms with Gasteiger partial charge >= 0.3 is 0 Å². The zero-order chi connectivity index (χ0) is 19.6. The monoisotopic (exact) mass is 355 g/mol. The molecule has 0 aromatic rings. The highest BCUT2D eigenvalue weighted by Gasteiger charge is 2.17. The first-order valence-electron chi connectivity index (χ1n) is 10.9. The molecular weight excluding hydrogens is 306 g/mol. The van der Waals surface area contributed by atoms with Crippen molar-refractivity contribution in [3.8, 4) is 0 Å². The predicted octanol–water partition coefficient (Wildman–Crippen LogP) is 5.10. The highest BCUT2D eigenvalue weighted by molar-refractivity contribution is 4.73. The Morgan fingerprint density at radius 1 is 0.520 bits per heavy atom. The van der Waals surface area contributed by atoms with Crippen LogP contribution < -0.4 is 0 Å². The van der Waals surface area contributed by atoms with Crippen LogP contribution in [-0.4, -0.2) is 71.1 Å². The van der Waals surface area contributed by atoms with Crippen LogP contribution in [0, 0.1) is 0 Å². The van der Waals surface area contributed by atoms with Gasteiger partial charge < -0.3 is 4.90 Å². The molecule has 0 rings (SSSR count). The Hall–Kier alpha value is -0.120. The van der Waals surface area contributed by atoms with Gasteiger partial charge in [0.1, 0.15) is 0 Å². The molecule has 0 aliphatic carbocycles. The van der Waals surface area contributed by atoms with Crippen molar-refractivity contribution < 1.29 is 0 Å². The van der Waals surface area contributed by atoms with E-state index in [9.17, 15) is 0 Å². The van der Waals surface area contributed by atoms with Crippen molar-refractivity contribution in [2.45, 2.75) is 119 Å². The first-order chi connectivity index (χ1) is 11.6. The van der Waals surface area contributed by atoms with Crippen LogP contribution in [0.1, 0.15) is 88.5 Å². The normalized spacial score (nSPS) is 14.3. The second-order valence-electron chi connectivity index (χ2n) is 8.85. The van der Waals surface area contributed by atoms with Crippen molar-refractivity contribution in [1.29, 1.82) is 0 Å². The third kappa shape index (κ3) is 9.96. The summed E-state index contributed by atoms with van der Waals surface area (Å²) < 4.78 is 0. The van der Waals surface area contributed by atoms with Crippen LogP contribution in [0.15, 0.2) is 0 Å². The summed E-state index contributed by atoms with van der Waals surface area (Å²) in [4.78, 5) is 7.96. The van der Waals surface area contributed by atoms with E-state index in [2.05, 4.69) is 83.9 Å². The van der Waals surface area contributed by atoms with Crippen LogP contribution in [0.4, 0.5) is 0 Å². The molecule has 0 saturated carbocycles. The Kier molecular flexibility index (Phi) is 13.0. The largest absolute Gasteiger partial charge is 0.301 e. The summed E-state index contributed by atoms with van der Waals surface area (Å²) in [6.07, 6.45) is 3.80. The molecule has 25 heavy (non-hydrogen) atoms. The van der Waals surface area contributed by atoms with Crippen LogP contribution in [-0.2, 0) is 0 Å². The molecule has 0 N–H and O–H groups in total. The quantitative estimate of drug-likeness (QED) is 0.429. The number of hydrogen-bond acceptors (Lipinski definition) is 3. The summed E-state index contributed by atoms with van der Waals surface area (Å²) in [7, 11) is 0. The predicted molar refractivity (Wildman–Crippen MR) is 115 cm³/mol. The van der Waals surface area contributed by atoms with E-state index in [4.69, 9.17) is 0 Å². The molecule has 0 heterocycles. The fraction of sp³-hybridized carbons (Fsp3) is 1.00. The molecule has 0 saturated heterocycles. The molecule has 0 amide bonds. The SMILES string of the molecule is CCC(C)N(CCCN(C(C)C)C(C)C)CCCN(C(C)C)C(C)C. The molecule has 0 spiro atoms. The molecule has 0 fully saturated rings. The van der Waals surface area contributed by atoms with Gasteiger partial charge in [0, 0.05) is 30.2 Å². The van der Waals surface area contributed by atoms with Gasteiger partial charge in [-0.2, -0.15) is 0 Å². The number of rotatable bonds is 14. The van der Waals surface area contributed by atoms with E-state index in [1.165, 1.54) is 45.4 Å². The molecule has 0 radical (unpaired) electrons. The van der Waals surface area contributed by atoms with Crippen LogP contribution in [0.3, 0.4) is 0 Å². The molecular formula is C22H49N3. The standard InChI is InChI=1S/C22H49N3/c1-11-22(10)23(14-12-16-24(18(2)3)19(4)5)15-13-17-25(20(6)7)21(8)9/h18-22H,11-17H2,1-10H3. The summed E-state index contributed by atoms with van der Waals surface area (Å²) in [5.41, 5.74) is 0. The topological polar surface area (TPSA) is 9.72 Å². The number of nitrogens with zero attached hydrogens (tertiary/aromatic N) is 3. The van der Waals surface area contributed by atoms with Crippen molar-refractivity contribution in [3.63, 3.8) is 0 Å². The van der Waals surface area contributed by atoms with E-state index < -0.39 is 0 Å². The lowest BCUT2D eigenvalue weighted by Crippen LogP contribution is -2.42. The van der Waals surface area contributed by atoms with E-state index in [0.717, 1.165) is 0 Å². The van der Waals surface area contributed by atoms with Gasteiger partial charge in [-0.3, -0.25) is 9.80 Å². The van der Waals surface area contributed by atoms with E-state index in [-0.39, 0.29) is 0 Å². The Morgan fingerprint density at radius 3 is 1.08 bits per heavy atom. The molecule has 3 nitrogen and oxygen atoms in total. The molecule has 0 aromatic carbocycles. The first-order valence-corrected chi connectivity index (χ1v) is 10.9. The third-order valence-electron chi connectivity index (χ3n) is 5.59. The first kappa shape index (κ1) is 24.9. The van der Waals surface area contributed by atoms with E-state index >= 15 is 0 Å². The zero-order valence-corrected chi connectivity index (χ0v) is 19.2. The molecule has 3 heteroatoms.